The van der Waals surface area contributed by atoms with Crippen molar-refractivity contribution in [1.29, 1.82) is 0 Å². The summed E-state index contributed by atoms with van der Waals surface area (Å²) < 4.78 is 7.27. The van der Waals surface area contributed by atoms with Crippen LogP contribution in [0.5, 0.6) is 5.75 Å². The second kappa shape index (κ2) is 6.64. The second-order valence-electron chi connectivity index (χ2n) is 6.21. The van der Waals surface area contributed by atoms with Crippen LogP contribution in [0.25, 0.3) is 16.6 Å². The number of ether oxygens (including phenoxy) is 1. The molecule has 3 heterocycles. The maximum absolute atomic E-state index is 12.3. The van der Waals surface area contributed by atoms with E-state index in [0.29, 0.717) is 28.1 Å². The molecular formula is C21H18N4O2. The molecule has 0 unspecified atom stereocenters. The largest absolute Gasteiger partial charge is 0.493 e. The molecule has 4 rings (SSSR count). The van der Waals surface area contributed by atoms with Crippen molar-refractivity contribution < 1.29 is 9.53 Å². The minimum atomic E-state index is -0.0848. The maximum Gasteiger partial charge on any atom is 0.181 e. The van der Waals surface area contributed by atoms with Crippen LogP contribution in [-0.4, -0.2) is 27.3 Å². The number of carbonyl (C=O) groups excluding carboxylic acids is 1. The molecule has 0 N–H and O–H groups in total. The van der Waals surface area contributed by atoms with Gasteiger partial charge in [0.05, 0.1) is 23.9 Å². The first-order valence-electron chi connectivity index (χ1n) is 8.55. The molecule has 1 aromatic carbocycles. The highest BCUT2D eigenvalue weighted by Crippen LogP contribution is 2.21. The molecule has 0 aliphatic heterocycles. The van der Waals surface area contributed by atoms with Crippen molar-refractivity contribution in [3.63, 3.8) is 0 Å². The van der Waals surface area contributed by atoms with Crippen molar-refractivity contribution in [2.24, 2.45) is 4.99 Å². The van der Waals surface area contributed by atoms with Crippen LogP contribution in [-0.2, 0) is 0 Å². The van der Waals surface area contributed by atoms with Gasteiger partial charge in [-0.2, -0.15) is 0 Å². The van der Waals surface area contributed by atoms with E-state index in [4.69, 9.17) is 4.74 Å². The minimum Gasteiger partial charge on any atom is -0.493 e. The Balaban J connectivity index is 2.05. The van der Waals surface area contributed by atoms with Gasteiger partial charge in [0.25, 0.3) is 0 Å². The van der Waals surface area contributed by atoms with Crippen molar-refractivity contribution >= 4 is 28.0 Å². The summed E-state index contributed by atoms with van der Waals surface area (Å²) >= 11 is 0. The van der Waals surface area contributed by atoms with Crippen LogP contribution in [0.2, 0.25) is 0 Å². The molecule has 6 nitrogen and oxygen atoms in total. The average molecular weight is 358 g/mol. The highest BCUT2D eigenvalue weighted by molar-refractivity contribution is 5.95. The zero-order valence-electron chi connectivity index (χ0n) is 15.3. The Bertz CT molecular complexity index is 1260. The van der Waals surface area contributed by atoms with Crippen molar-refractivity contribution in [2.75, 3.05) is 7.11 Å². The maximum atomic E-state index is 12.3. The molecule has 0 saturated carbocycles. The van der Waals surface area contributed by atoms with Gasteiger partial charge in [0.2, 0.25) is 0 Å². The van der Waals surface area contributed by atoms with E-state index in [0.717, 1.165) is 16.6 Å². The summed E-state index contributed by atoms with van der Waals surface area (Å²) in [5.41, 5.74) is 3.86. The molecule has 134 valence electrons. The van der Waals surface area contributed by atoms with E-state index < -0.39 is 0 Å². The monoisotopic (exact) mass is 358 g/mol. The second-order valence-corrected chi connectivity index (χ2v) is 6.21. The molecule has 0 radical (unpaired) electrons. The summed E-state index contributed by atoms with van der Waals surface area (Å²) in [5, 5.41) is 0.979. The Labute approximate surface area is 155 Å². The third kappa shape index (κ3) is 2.95. The van der Waals surface area contributed by atoms with Gasteiger partial charge in [-0.1, -0.05) is 6.07 Å². The van der Waals surface area contributed by atoms with Crippen molar-refractivity contribution in [2.45, 2.75) is 13.8 Å². The van der Waals surface area contributed by atoms with Crippen LogP contribution < -0.4 is 10.2 Å². The van der Waals surface area contributed by atoms with E-state index in [-0.39, 0.29) is 5.78 Å². The molecule has 0 saturated heterocycles. The normalized spacial score (nSPS) is 11.9. The number of rotatable bonds is 3. The molecule has 0 aliphatic carbocycles. The van der Waals surface area contributed by atoms with Gasteiger partial charge in [0.15, 0.2) is 22.7 Å². The third-order valence-electron chi connectivity index (χ3n) is 4.48. The lowest BCUT2D eigenvalue weighted by Crippen LogP contribution is -2.23. The van der Waals surface area contributed by atoms with E-state index in [1.165, 1.54) is 6.92 Å². The minimum absolute atomic E-state index is 0.0848. The van der Waals surface area contributed by atoms with E-state index in [2.05, 4.69) is 15.0 Å². The molecule has 6 heteroatoms. The molecule has 0 spiro atoms. The van der Waals surface area contributed by atoms with E-state index >= 15 is 0 Å². The summed E-state index contributed by atoms with van der Waals surface area (Å²) in [4.78, 5) is 26.0. The first-order chi connectivity index (χ1) is 13.1. The van der Waals surface area contributed by atoms with Crippen LogP contribution in [0.4, 0.5) is 5.69 Å². The standard InChI is InChI=1S/C21H18N4O2/c1-13-19(14(2)26)20(24-21-18(27-3)7-5-11-25(13)21)23-16-8-9-17-15(12-16)6-4-10-22-17/h4-12H,1-3H3. The summed E-state index contributed by atoms with van der Waals surface area (Å²) in [6, 6.07) is 13.3. The first kappa shape index (κ1) is 16.9. The third-order valence-corrected chi connectivity index (χ3v) is 4.48. The number of hydrogen-bond donors (Lipinski definition) is 0. The van der Waals surface area contributed by atoms with Gasteiger partial charge in [0.1, 0.15) is 0 Å². The molecule has 4 aromatic rings. The number of pyridine rings is 2. The first-order valence-corrected chi connectivity index (χ1v) is 8.55. The summed E-state index contributed by atoms with van der Waals surface area (Å²) in [7, 11) is 1.60. The number of hydrogen-bond acceptors (Lipinski definition) is 5. The number of Topliss-reactive ketones (excluding diaryl/α,β-unsaturated/α-hetero) is 1. The fraction of sp³-hybridized carbons (Fsp3) is 0.143. The van der Waals surface area contributed by atoms with Gasteiger partial charge in [-0.05, 0) is 50.2 Å². The van der Waals surface area contributed by atoms with Crippen molar-refractivity contribution in [3.8, 4) is 5.75 Å². The van der Waals surface area contributed by atoms with Crippen molar-refractivity contribution in [1.82, 2.24) is 14.4 Å². The lowest BCUT2D eigenvalue weighted by atomic mass is 10.1. The van der Waals surface area contributed by atoms with E-state index in [9.17, 15) is 4.79 Å². The number of nitrogens with zero attached hydrogens (tertiary/aromatic N) is 4. The zero-order chi connectivity index (χ0) is 19.0. The summed E-state index contributed by atoms with van der Waals surface area (Å²) in [6.45, 7) is 3.41. The molecule has 27 heavy (non-hydrogen) atoms. The lowest BCUT2D eigenvalue weighted by Gasteiger charge is -2.12. The van der Waals surface area contributed by atoms with Crippen LogP contribution in [0, 0.1) is 6.92 Å². The van der Waals surface area contributed by atoms with Gasteiger partial charge in [0, 0.05) is 23.5 Å². The molecule has 0 aliphatic rings. The number of benzene rings is 1. The molecule has 0 fully saturated rings. The predicted molar refractivity (Wildman–Crippen MR) is 103 cm³/mol. The number of aromatic nitrogens is 3. The van der Waals surface area contributed by atoms with Crippen LogP contribution in [0.3, 0.4) is 0 Å². The SMILES string of the molecule is COc1cccn2c(C)c(C(C)=O)c(=Nc3ccc4ncccc4c3)nc12. The highest BCUT2D eigenvalue weighted by Gasteiger charge is 2.14. The van der Waals surface area contributed by atoms with Gasteiger partial charge < -0.3 is 9.14 Å². The van der Waals surface area contributed by atoms with Crippen LogP contribution >= 0.6 is 0 Å². The molecule has 0 bridgehead atoms. The Kier molecular flexibility index (Phi) is 4.16. The van der Waals surface area contributed by atoms with Crippen LogP contribution in [0.15, 0.2) is 59.9 Å². The predicted octanol–water partition coefficient (Wildman–Crippen LogP) is 3.63. The van der Waals surface area contributed by atoms with E-state index in [1.807, 2.05) is 60.0 Å². The molecule has 0 atom stereocenters. The van der Waals surface area contributed by atoms with Crippen molar-refractivity contribution in [3.05, 3.63) is 71.6 Å². The smallest absolute Gasteiger partial charge is 0.181 e. The molecule has 0 amide bonds. The Morgan fingerprint density at radius 3 is 2.81 bits per heavy atom. The Hall–Kier alpha value is -3.54. The number of fused-ring (bicyclic) bond motifs is 2. The zero-order valence-corrected chi connectivity index (χ0v) is 15.3. The van der Waals surface area contributed by atoms with Gasteiger partial charge >= 0.3 is 0 Å². The Morgan fingerprint density at radius 2 is 2.04 bits per heavy atom. The van der Waals surface area contributed by atoms with Crippen LogP contribution in [0.1, 0.15) is 23.0 Å². The summed E-state index contributed by atoms with van der Waals surface area (Å²) in [5.74, 6) is 0.535. The van der Waals surface area contributed by atoms with Gasteiger partial charge in [-0.15, -0.1) is 0 Å². The lowest BCUT2D eigenvalue weighted by molar-refractivity contribution is 0.101. The Morgan fingerprint density at radius 1 is 1.19 bits per heavy atom. The number of ketones is 1. The fourth-order valence-corrected chi connectivity index (χ4v) is 3.21. The fourth-order valence-electron chi connectivity index (χ4n) is 3.21. The highest BCUT2D eigenvalue weighted by atomic mass is 16.5. The average Bonchev–Trinajstić information content (AvgIpc) is 2.67. The van der Waals surface area contributed by atoms with Gasteiger partial charge in [-0.3, -0.25) is 9.78 Å². The molecular weight excluding hydrogens is 340 g/mol. The number of carbonyl (C=O) groups is 1. The topological polar surface area (TPSA) is 68.8 Å². The van der Waals surface area contributed by atoms with Gasteiger partial charge in [-0.25, -0.2) is 9.98 Å². The number of methoxy groups -OCH3 is 1. The summed E-state index contributed by atoms with van der Waals surface area (Å²) in [6.07, 6.45) is 3.61. The van der Waals surface area contributed by atoms with E-state index in [1.54, 1.807) is 13.3 Å². The number of aryl methyl sites for hydroxylation is 1. The quantitative estimate of drug-likeness (QED) is 0.524. The molecule has 3 aromatic heterocycles.